The molecule has 7 heteroatoms. The maximum absolute atomic E-state index is 13.0. The second-order valence-electron chi connectivity index (χ2n) is 5.33. The van der Waals surface area contributed by atoms with Crippen LogP contribution in [0.1, 0.15) is 10.5 Å². The fraction of sp³-hybridized carbons (Fsp3) is 0.158. The molecule has 0 spiro atoms. The van der Waals surface area contributed by atoms with Crippen molar-refractivity contribution in [2.75, 3.05) is 20.3 Å². The number of hydrogen-bond donors (Lipinski definition) is 1. The molecular weight excluding hydrogens is 355 g/mol. The Kier molecular flexibility index (Phi) is 5.80. The molecule has 1 N–H and O–H groups in total. The van der Waals surface area contributed by atoms with Crippen LogP contribution < -0.4 is 14.8 Å². The number of amides is 1. The Morgan fingerprint density at radius 1 is 1.19 bits per heavy atom. The zero-order chi connectivity index (χ0) is 18.4. The van der Waals surface area contributed by atoms with Crippen molar-refractivity contribution in [3.05, 3.63) is 65.4 Å². The van der Waals surface area contributed by atoms with Gasteiger partial charge in [0.2, 0.25) is 0 Å². The molecule has 0 atom stereocenters. The van der Waals surface area contributed by atoms with E-state index in [0.717, 1.165) is 5.56 Å². The van der Waals surface area contributed by atoms with Crippen molar-refractivity contribution in [1.82, 2.24) is 10.3 Å². The summed E-state index contributed by atoms with van der Waals surface area (Å²) in [5.74, 6) is 0.802. The summed E-state index contributed by atoms with van der Waals surface area (Å²) in [5, 5.41) is 5.11. The highest BCUT2D eigenvalue weighted by Crippen LogP contribution is 2.24. The second-order valence-corrected chi connectivity index (χ2v) is 6.19. The Hall–Kier alpha value is -2.93. The summed E-state index contributed by atoms with van der Waals surface area (Å²) in [7, 11) is 1.59. The van der Waals surface area contributed by atoms with Gasteiger partial charge in [-0.1, -0.05) is 6.07 Å². The van der Waals surface area contributed by atoms with Crippen molar-refractivity contribution >= 4 is 17.2 Å². The number of thiazole rings is 1. The number of carbonyl (C=O) groups excluding carboxylic acids is 1. The van der Waals surface area contributed by atoms with Gasteiger partial charge in [0.25, 0.3) is 5.91 Å². The molecular formula is C19H17FN2O3S. The number of halogens is 1. The third-order valence-corrected chi connectivity index (χ3v) is 4.42. The highest BCUT2D eigenvalue weighted by Gasteiger charge is 2.11. The van der Waals surface area contributed by atoms with E-state index in [1.807, 2.05) is 18.2 Å². The Labute approximate surface area is 154 Å². The van der Waals surface area contributed by atoms with E-state index in [2.05, 4.69) is 10.3 Å². The first-order chi connectivity index (χ1) is 12.7. The molecule has 0 bridgehead atoms. The van der Waals surface area contributed by atoms with Crippen LogP contribution in [0.4, 0.5) is 4.39 Å². The van der Waals surface area contributed by atoms with E-state index < -0.39 is 0 Å². The number of methoxy groups -OCH3 is 1. The van der Waals surface area contributed by atoms with Crippen molar-refractivity contribution in [3.63, 3.8) is 0 Å². The van der Waals surface area contributed by atoms with E-state index in [9.17, 15) is 9.18 Å². The molecule has 0 aliphatic carbocycles. The van der Waals surface area contributed by atoms with Crippen LogP contribution in [0.25, 0.3) is 10.6 Å². The van der Waals surface area contributed by atoms with Crippen LogP contribution in [-0.4, -0.2) is 31.2 Å². The third-order valence-electron chi connectivity index (χ3n) is 3.53. The predicted octanol–water partition coefficient (Wildman–Crippen LogP) is 3.77. The summed E-state index contributed by atoms with van der Waals surface area (Å²) in [5.41, 5.74) is 1.10. The Morgan fingerprint density at radius 3 is 2.73 bits per heavy atom. The van der Waals surface area contributed by atoms with Gasteiger partial charge in [-0.3, -0.25) is 4.79 Å². The van der Waals surface area contributed by atoms with Gasteiger partial charge in [-0.2, -0.15) is 0 Å². The molecule has 134 valence electrons. The molecule has 3 aromatic rings. The Balaban J connectivity index is 1.50. The number of ether oxygens (including phenoxy) is 2. The Morgan fingerprint density at radius 2 is 1.96 bits per heavy atom. The number of rotatable bonds is 7. The molecule has 2 aromatic carbocycles. The molecule has 1 aromatic heterocycles. The number of aromatic nitrogens is 1. The largest absolute Gasteiger partial charge is 0.497 e. The van der Waals surface area contributed by atoms with E-state index >= 15 is 0 Å². The van der Waals surface area contributed by atoms with E-state index in [-0.39, 0.29) is 11.7 Å². The number of benzene rings is 2. The summed E-state index contributed by atoms with van der Waals surface area (Å²) < 4.78 is 23.7. The molecule has 0 fully saturated rings. The van der Waals surface area contributed by atoms with Crippen LogP contribution in [0.2, 0.25) is 0 Å². The van der Waals surface area contributed by atoms with Crippen molar-refractivity contribution in [2.24, 2.45) is 0 Å². The van der Waals surface area contributed by atoms with Crippen LogP contribution >= 0.6 is 11.3 Å². The standard InChI is InChI=1S/C19H17FN2O3S/c1-24-15-3-2-4-16(11-15)25-10-9-21-18(23)17-12-26-19(22-17)13-5-7-14(20)8-6-13/h2-8,11-12H,9-10H2,1H3,(H,21,23). The van der Waals surface area contributed by atoms with Crippen LogP contribution in [0.5, 0.6) is 11.5 Å². The zero-order valence-electron chi connectivity index (χ0n) is 14.1. The second kappa shape index (κ2) is 8.44. The zero-order valence-corrected chi connectivity index (χ0v) is 14.9. The lowest BCUT2D eigenvalue weighted by atomic mass is 10.2. The molecule has 0 aliphatic rings. The molecule has 26 heavy (non-hydrogen) atoms. The fourth-order valence-electron chi connectivity index (χ4n) is 2.22. The average Bonchev–Trinajstić information content (AvgIpc) is 3.16. The van der Waals surface area contributed by atoms with E-state index in [4.69, 9.17) is 9.47 Å². The number of nitrogens with zero attached hydrogens (tertiary/aromatic N) is 1. The highest BCUT2D eigenvalue weighted by atomic mass is 32.1. The molecule has 1 heterocycles. The average molecular weight is 372 g/mol. The minimum Gasteiger partial charge on any atom is -0.497 e. The molecule has 0 unspecified atom stereocenters. The smallest absolute Gasteiger partial charge is 0.270 e. The van der Waals surface area contributed by atoms with Gasteiger partial charge in [-0.25, -0.2) is 9.37 Å². The number of hydrogen-bond acceptors (Lipinski definition) is 5. The van der Waals surface area contributed by atoms with Crippen molar-refractivity contribution in [1.29, 1.82) is 0 Å². The van der Waals surface area contributed by atoms with Gasteiger partial charge >= 0.3 is 0 Å². The number of nitrogens with one attached hydrogen (secondary N) is 1. The third kappa shape index (κ3) is 4.58. The molecule has 1 amide bonds. The summed E-state index contributed by atoms with van der Waals surface area (Å²) in [6.07, 6.45) is 0. The van der Waals surface area contributed by atoms with E-state index in [0.29, 0.717) is 35.4 Å². The van der Waals surface area contributed by atoms with Crippen molar-refractivity contribution in [3.8, 4) is 22.1 Å². The summed E-state index contributed by atoms with van der Waals surface area (Å²) >= 11 is 1.34. The molecule has 3 rings (SSSR count). The lowest BCUT2D eigenvalue weighted by Gasteiger charge is -2.08. The molecule has 5 nitrogen and oxygen atoms in total. The maximum atomic E-state index is 13.0. The van der Waals surface area contributed by atoms with Crippen LogP contribution in [0.3, 0.4) is 0 Å². The van der Waals surface area contributed by atoms with Gasteiger partial charge in [0.1, 0.15) is 34.6 Å². The van der Waals surface area contributed by atoms with Crippen LogP contribution in [-0.2, 0) is 0 Å². The predicted molar refractivity (Wildman–Crippen MR) is 98.3 cm³/mol. The first-order valence-corrected chi connectivity index (χ1v) is 8.80. The summed E-state index contributed by atoms with van der Waals surface area (Å²) in [6.45, 7) is 0.674. The monoisotopic (exact) mass is 372 g/mol. The Bertz CT molecular complexity index is 881. The van der Waals surface area contributed by atoms with Gasteiger partial charge in [0.05, 0.1) is 13.7 Å². The van der Waals surface area contributed by atoms with E-state index in [1.54, 1.807) is 30.7 Å². The molecule has 0 radical (unpaired) electrons. The van der Waals surface area contributed by atoms with Gasteiger partial charge in [-0.15, -0.1) is 11.3 Å². The summed E-state index contributed by atoms with van der Waals surface area (Å²) in [4.78, 5) is 16.4. The highest BCUT2D eigenvalue weighted by molar-refractivity contribution is 7.13. The van der Waals surface area contributed by atoms with E-state index in [1.165, 1.54) is 23.5 Å². The summed E-state index contributed by atoms with van der Waals surface area (Å²) in [6, 6.07) is 13.3. The van der Waals surface area contributed by atoms with Gasteiger partial charge in [0, 0.05) is 17.0 Å². The maximum Gasteiger partial charge on any atom is 0.270 e. The molecule has 0 saturated heterocycles. The number of carbonyl (C=O) groups is 1. The van der Waals surface area contributed by atoms with Crippen LogP contribution in [0, 0.1) is 5.82 Å². The lowest BCUT2D eigenvalue weighted by Crippen LogP contribution is -2.28. The SMILES string of the molecule is COc1cccc(OCCNC(=O)c2csc(-c3ccc(F)cc3)n2)c1. The van der Waals surface area contributed by atoms with Gasteiger partial charge in [-0.05, 0) is 36.4 Å². The minimum absolute atomic E-state index is 0.274. The van der Waals surface area contributed by atoms with Gasteiger partial charge < -0.3 is 14.8 Å². The lowest BCUT2D eigenvalue weighted by molar-refractivity contribution is 0.0942. The topological polar surface area (TPSA) is 60.5 Å². The minimum atomic E-state index is -0.306. The molecule has 0 aliphatic heterocycles. The van der Waals surface area contributed by atoms with Crippen molar-refractivity contribution < 1.29 is 18.7 Å². The first-order valence-electron chi connectivity index (χ1n) is 7.92. The fourth-order valence-corrected chi connectivity index (χ4v) is 3.02. The van der Waals surface area contributed by atoms with Crippen molar-refractivity contribution in [2.45, 2.75) is 0 Å². The normalized spacial score (nSPS) is 10.4. The first kappa shape index (κ1) is 17.9. The quantitative estimate of drug-likeness (QED) is 0.642. The van der Waals surface area contributed by atoms with Gasteiger partial charge in [0.15, 0.2) is 0 Å². The molecule has 0 saturated carbocycles. The van der Waals surface area contributed by atoms with Crippen LogP contribution in [0.15, 0.2) is 53.9 Å².